The highest BCUT2D eigenvalue weighted by Crippen LogP contribution is 2.54. The third kappa shape index (κ3) is 5.64. The van der Waals surface area contributed by atoms with E-state index < -0.39 is 0 Å². The maximum Gasteiger partial charge on any atom is 0.264 e. The predicted molar refractivity (Wildman–Crippen MR) is 247 cm³/mol. The average Bonchev–Trinajstić information content (AvgIpc) is 3.55. The number of aryl methyl sites for hydroxylation is 1. The highest BCUT2D eigenvalue weighted by molar-refractivity contribution is 7.33. The highest BCUT2D eigenvalue weighted by Gasteiger charge is 2.47. The molecular weight excluding hydrogens is 695 g/mol. The van der Waals surface area contributed by atoms with Gasteiger partial charge in [-0.15, -0.1) is 11.3 Å². The first-order chi connectivity index (χ1) is 26.0. The zero-order valence-corrected chi connectivity index (χ0v) is 37.1. The Bertz CT molecular complexity index is 2570. The lowest BCUT2D eigenvalue weighted by Gasteiger charge is -2.44. The van der Waals surface area contributed by atoms with Gasteiger partial charge in [0.2, 0.25) is 0 Å². The van der Waals surface area contributed by atoms with Gasteiger partial charge in [0.05, 0.1) is 5.69 Å². The molecule has 0 saturated carbocycles. The van der Waals surface area contributed by atoms with Gasteiger partial charge in [-0.2, -0.15) is 0 Å². The largest absolute Gasteiger partial charge is 0.311 e. The first kappa shape index (κ1) is 37.3. The molecule has 5 aromatic carbocycles. The second-order valence-electron chi connectivity index (χ2n) is 21.6. The average molecular weight is 755 g/mol. The maximum atomic E-state index is 2.64. The Balaban J connectivity index is 1.39. The van der Waals surface area contributed by atoms with Crippen LogP contribution in [0.15, 0.2) is 91.0 Å². The van der Waals surface area contributed by atoms with E-state index >= 15 is 0 Å². The summed E-state index contributed by atoms with van der Waals surface area (Å²) in [6.07, 6.45) is 1.16. The lowest BCUT2D eigenvalue weighted by atomic mass is 9.36. The Labute approximate surface area is 341 Å². The van der Waals surface area contributed by atoms with E-state index in [1.807, 2.05) is 11.3 Å². The van der Waals surface area contributed by atoms with Gasteiger partial charge in [-0.1, -0.05) is 126 Å². The molecule has 286 valence electrons. The summed E-state index contributed by atoms with van der Waals surface area (Å²) in [5.74, 6) is 0. The van der Waals surface area contributed by atoms with Gasteiger partial charge in [-0.05, 0) is 139 Å². The summed E-state index contributed by atoms with van der Waals surface area (Å²) in [6, 6.07) is 36.3. The summed E-state index contributed by atoms with van der Waals surface area (Å²) in [7, 11) is 0. The Kier molecular flexibility index (Phi) is 7.92. The van der Waals surface area contributed by atoms with Gasteiger partial charge in [-0.25, -0.2) is 0 Å². The van der Waals surface area contributed by atoms with E-state index in [2.05, 4.69) is 198 Å². The monoisotopic (exact) mass is 754 g/mol. The van der Waals surface area contributed by atoms with Crippen LogP contribution < -0.4 is 25.5 Å². The number of benzene rings is 5. The number of hydrogen-bond donors (Lipinski definition) is 0. The topological polar surface area (TPSA) is 6.48 Å². The van der Waals surface area contributed by atoms with Crippen molar-refractivity contribution in [1.82, 2.24) is 0 Å². The Hall–Kier alpha value is -4.28. The van der Waals surface area contributed by atoms with Crippen LogP contribution in [0.5, 0.6) is 0 Å². The Morgan fingerprint density at radius 3 is 1.57 bits per heavy atom. The van der Waals surface area contributed by atoms with Gasteiger partial charge < -0.3 is 9.80 Å². The summed E-state index contributed by atoms with van der Waals surface area (Å²) < 4.78 is 2.85. The van der Waals surface area contributed by atoms with Crippen molar-refractivity contribution in [3.63, 3.8) is 0 Å². The SMILES string of the molecule is Cc1cc2c3c(c1)N(c1ccc(C(C)(C)C)cc1)c1c(sc4cc5c(cc14)C(C)(C)CC5(C)C)B3c1cc(C(C)(C)C)ccc1N2c1ccc(C(C)(C)C)cc1. The molecule has 0 fully saturated rings. The zero-order valence-electron chi connectivity index (χ0n) is 36.2. The summed E-state index contributed by atoms with van der Waals surface area (Å²) in [6.45, 7) is 33.1. The fraction of sp³-hybridized carbons (Fsp3) is 0.385. The molecule has 0 atom stereocenters. The molecule has 6 aromatic rings. The highest BCUT2D eigenvalue weighted by atomic mass is 32.1. The first-order valence-electron chi connectivity index (χ1n) is 20.8. The van der Waals surface area contributed by atoms with E-state index in [0.29, 0.717) is 0 Å². The summed E-state index contributed by atoms with van der Waals surface area (Å²) >= 11 is 2.03. The minimum Gasteiger partial charge on any atom is -0.311 e. The molecule has 4 heteroatoms. The molecule has 1 aromatic heterocycles. The van der Waals surface area contributed by atoms with Crippen LogP contribution in [-0.2, 0) is 27.1 Å². The molecule has 0 spiro atoms. The quantitative estimate of drug-likeness (QED) is 0.162. The Morgan fingerprint density at radius 2 is 1.04 bits per heavy atom. The van der Waals surface area contributed by atoms with Gasteiger partial charge in [0.25, 0.3) is 6.71 Å². The standard InChI is InChI=1S/C52H59BN2S/c1-31-25-42-45-43(26-31)55(36-22-17-33(18-23-36)49(5,6)7)46-37-28-38-39(52(13,14)30-51(38,11)12)29-44(37)56-47(46)53(45)40-27-34(50(8,9)10)19-24-41(40)54(42)35-20-15-32(16-21-35)48(2,3)4/h15-29H,30H2,1-14H3. The molecule has 2 aliphatic heterocycles. The fourth-order valence-electron chi connectivity index (χ4n) is 10.3. The Morgan fingerprint density at radius 1 is 0.554 bits per heavy atom. The van der Waals surface area contributed by atoms with Crippen LogP contribution in [0.3, 0.4) is 0 Å². The van der Waals surface area contributed by atoms with E-state index in [0.717, 1.165) is 6.42 Å². The van der Waals surface area contributed by atoms with Gasteiger partial charge in [-0.3, -0.25) is 0 Å². The van der Waals surface area contributed by atoms with Crippen molar-refractivity contribution < 1.29 is 0 Å². The predicted octanol–water partition coefficient (Wildman–Crippen LogP) is 13.1. The van der Waals surface area contributed by atoms with Crippen LogP contribution in [0.1, 0.15) is 130 Å². The molecule has 0 bridgehead atoms. The molecular formula is C52H59BN2S. The van der Waals surface area contributed by atoms with Gasteiger partial charge in [0.15, 0.2) is 0 Å². The van der Waals surface area contributed by atoms with E-state index in [1.165, 1.54) is 93.3 Å². The van der Waals surface area contributed by atoms with Crippen molar-refractivity contribution in [1.29, 1.82) is 0 Å². The number of thiophene rings is 1. The molecule has 0 saturated heterocycles. The van der Waals surface area contributed by atoms with E-state index in [9.17, 15) is 0 Å². The van der Waals surface area contributed by atoms with E-state index in [-0.39, 0.29) is 33.8 Å². The second-order valence-corrected chi connectivity index (χ2v) is 22.7. The van der Waals surface area contributed by atoms with Crippen LogP contribution in [-0.4, -0.2) is 6.71 Å². The molecule has 9 rings (SSSR count). The molecule has 0 radical (unpaired) electrons. The molecule has 1 aliphatic carbocycles. The lowest BCUT2D eigenvalue weighted by molar-refractivity contribution is 0.403. The zero-order chi connectivity index (χ0) is 40.1. The summed E-state index contributed by atoms with van der Waals surface area (Å²) in [5, 5.41) is 1.39. The van der Waals surface area contributed by atoms with Crippen LogP contribution >= 0.6 is 11.3 Å². The third-order valence-electron chi connectivity index (χ3n) is 13.1. The molecule has 0 amide bonds. The first-order valence-corrected chi connectivity index (χ1v) is 21.6. The number of rotatable bonds is 2. The van der Waals surface area contributed by atoms with Gasteiger partial charge >= 0.3 is 0 Å². The molecule has 0 N–H and O–H groups in total. The van der Waals surface area contributed by atoms with Crippen LogP contribution in [0.4, 0.5) is 34.1 Å². The molecule has 56 heavy (non-hydrogen) atoms. The number of nitrogens with zero attached hydrogens (tertiary/aromatic N) is 2. The van der Waals surface area contributed by atoms with Crippen molar-refractivity contribution in [3.05, 3.63) is 124 Å². The minimum absolute atomic E-state index is 0.0149. The van der Waals surface area contributed by atoms with E-state index in [1.54, 1.807) is 0 Å². The molecule has 3 heterocycles. The fourth-order valence-corrected chi connectivity index (χ4v) is 11.7. The van der Waals surface area contributed by atoms with Crippen molar-refractivity contribution in [3.8, 4) is 0 Å². The molecule has 2 nitrogen and oxygen atoms in total. The van der Waals surface area contributed by atoms with Crippen molar-refractivity contribution >= 4 is 78.0 Å². The smallest absolute Gasteiger partial charge is 0.264 e. The summed E-state index contributed by atoms with van der Waals surface area (Å²) in [5.41, 5.74) is 19.3. The summed E-state index contributed by atoms with van der Waals surface area (Å²) in [4.78, 5) is 5.21. The molecule has 3 aliphatic rings. The second kappa shape index (κ2) is 11.9. The van der Waals surface area contributed by atoms with Crippen LogP contribution in [0.25, 0.3) is 10.1 Å². The maximum absolute atomic E-state index is 2.64. The minimum atomic E-state index is 0.0149. The number of hydrogen-bond acceptors (Lipinski definition) is 3. The lowest BCUT2D eigenvalue weighted by Crippen LogP contribution is -2.60. The van der Waals surface area contributed by atoms with Crippen molar-refractivity contribution in [2.24, 2.45) is 0 Å². The van der Waals surface area contributed by atoms with Crippen LogP contribution in [0, 0.1) is 6.92 Å². The number of fused-ring (bicyclic) bond motifs is 7. The van der Waals surface area contributed by atoms with Gasteiger partial charge in [0, 0.05) is 43.3 Å². The van der Waals surface area contributed by atoms with E-state index in [4.69, 9.17) is 0 Å². The molecule has 0 unspecified atom stereocenters. The van der Waals surface area contributed by atoms with Crippen LogP contribution in [0.2, 0.25) is 0 Å². The van der Waals surface area contributed by atoms with Crippen molar-refractivity contribution in [2.45, 2.75) is 130 Å². The van der Waals surface area contributed by atoms with Gasteiger partial charge in [0.1, 0.15) is 0 Å². The normalized spacial score (nSPS) is 16.9. The number of anilines is 6. The van der Waals surface area contributed by atoms with Crippen molar-refractivity contribution in [2.75, 3.05) is 9.80 Å². The third-order valence-corrected chi connectivity index (χ3v) is 14.3.